The quantitative estimate of drug-likeness (QED) is 0.532. The smallest absolute Gasteiger partial charge is 0.302 e. The van der Waals surface area contributed by atoms with Crippen molar-refractivity contribution in [2.75, 3.05) is 6.61 Å². The Morgan fingerprint density at radius 2 is 2.00 bits per heavy atom. The van der Waals surface area contributed by atoms with Crippen molar-refractivity contribution in [2.24, 2.45) is 0 Å². The van der Waals surface area contributed by atoms with Crippen molar-refractivity contribution in [3.63, 3.8) is 0 Å². The Balaban J connectivity index is 0.000000241. The molecule has 0 fully saturated rings. The van der Waals surface area contributed by atoms with E-state index in [9.17, 15) is 4.79 Å². The van der Waals surface area contributed by atoms with Crippen LogP contribution in [0.3, 0.4) is 0 Å². The van der Waals surface area contributed by atoms with E-state index in [2.05, 4.69) is 30.4 Å². The second-order valence-corrected chi connectivity index (χ2v) is 2.75. The van der Waals surface area contributed by atoms with Gasteiger partial charge in [0.05, 0.1) is 0 Å². The van der Waals surface area contributed by atoms with Crippen molar-refractivity contribution < 1.29 is 9.53 Å². The van der Waals surface area contributed by atoms with Crippen LogP contribution in [0.4, 0.5) is 0 Å². The van der Waals surface area contributed by atoms with Crippen LogP contribution in [0.1, 0.15) is 12.5 Å². The molecular weight excluding hydrogens is 176 g/mol. The van der Waals surface area contributed by atoms with E-state index in [4.69, 9.17) is 0 Å². The van der Waals surface area contributed by atoms with E-state index in [1.807, 2.05) is 18.2 Å². The molecule has 14 heavy (non-hydrogen) atoms. The van der Waals surface area contributed by atoms with Crippen LogP contribution in [0, 0.1) is 6.92 Å². The maximum absolute atomic E-state index is 9.93. The summed E-state index contributed by atoms with van der Waals surface area (Å²) in [7, 11) is 0. The predicted molar refractivity (Wildman–Crippen MR) is 58.0 cm³/mol. The molecule has 0 aliphatic heterocycles. The Labute approximate surface area is 85.2 Å². The monoisotopic (exact) mass is 192 g/mol. The summed E-state index contributed by atoms with van der Waals surface area (Å²) in [6.45, 7) is 7.12. The van der Waals surface area contributed by atoms with Gasteiger partial charge in [-0.25, -0.2) is 0 Å². The summed E-state index contributed by atoms with van der Waals surface area (Å²) in [5.41, 5.74) is 1.32. The molecule has 0 atom stereocenters. The Kier molecular flexibility index (Phi) is 7.15. The summed E-state index contributed by atoms with van der Waals surface area (Å²) in [6.07, 6.45) is 1.53. The van der Waals surface area contributed by atoms with Crippen molar-refractivity contribution in [1.82, 2.24) is 0 Å². The average molecular weight is 192 g/mol. The number of benzene rings is 1. The van der Waals surface area contributed by atoms with Gasteiger partial charge in [-0.3, -0.25) is 4.79 Å². The van der Waals surface area contributed by atoms with Crippen molar-refractivity contribution >= 4 is 5.97 Å². The fraction of sp³-hybridized carbons (Fsp3) is 0.250. The highest BCUT2D eigenvalue weighted by atomic mass is 16.5. The lowest BCUT2D eigenvalue weighted by Gasteiger charge is -1.90. The first kappa shape index (κ1) is 12.4. The van der Waals surface area contributed by atoms with Crippen molar-refractivity contribution in [3.05, 3.63) is 48.6 Å². The van der Waals surface area contributed by atoms with E-state index in [1.54, 1.807) is 0 Å². The number of carbonyl (C=O) groups excluding carboxylic acids is 1. The van der Waals surface area contributed by atoms with E-state index in [-0.39, 0.29) is 5.97 Å². The number of aryl methyl sites for hydroxylation is 1. The number of ether oxygens (including phenoxy) is 1. The Bertz CT molecular complexity index is 265. The van der Waals surface area contributed by atoms with Crippen molar-refractivity contribution in [2.45, 2.75) is 13.8 Å². The van der Waals surface area contributed by atoms with Crippen LogP contribution >= 0.6 is 0 Å². The van der Waals surface area contributed by atoms with Gasteiger partial charge in [-0.1, -0.05) is 48.6 Å². The minimum Gasteiger partial charge on any atom is -0.462 e. The molecule has 0 aromatic heterocycles. The van der Waals surface area contributed by atoms with Gasteiger partial charge in [-0.15, -0.1) is 0 Å². The molecular formula is C12H16O2. The van der Waals surface area contributed by atoms with Crippen LogP contribution in [0.2, 0.25) is 0 Å². The van der Waals surface area contributed by atoms with Crippen LogP contribution in [-0.2, 0) is 9.53 Å². The third-order valence-electron chi connectivity index (χ3n) is 1.34. The molecule has 0 spiro atoms. The minimum atomic E-state index is -0.264. The zero-order chi connectivity index (χ0) is 10.8. The molecule has 0 bridgehead atoms. The van der Waals surface area contributed by atoms with Crippen LogP contribution in [-0.4, -0.2) is 12.6 Å². The first-order valence-electron chi connectivity index (χ1n) is 4.42. The molecule has 0 heterocycles. The van der Waals surface area contributed by atoms with Gasteiger partial charge in [-0.2, -0.15) is 0 Å². The molecule has 76 valence electrons. The van der Waals surface area contributed by atoms with Gasteiger partial charge in [0, 0.05) is 6.92 Å². The van der Waals surface area contributed by atoms with Gasteiger partial charge in [0.1, 0.15) is 6.61 Å². The lowest BCUT2D eigenvalue weighted by atomic mass is 10.2. The van der Waals surface area contributed by atoms with Gasteiger partial charge in [0.2, 0.25) is 0 Å². The van der Waals surface area contributed by atoms with E-state index < -0.39 is 0 Å². The average Bonchev–Trinajstić information content (AvgIpc) is 2.17. The van der Waals surface area contributed by atoms with E-state index >= 15 is 0 Å². The summed E-state index contributed by atoms with van der Waals surface area (Å²) in [4.78, 5) is 9.93. The molecule has 1 aromatic carbocycles. The molecule has 0 saturated heterocycles. The first-order valence-corrected chi connectivity index (χ1v) is 4.42. The maximum atomic E-state index is 9.93. The molecule has 2 heteroatoms. The molecule has 1 rings (SSSR count). The number of hydrogen-bond acceptors (Lipinski definition) is 2. The summed E-state index contributed by atoms with van der Waals surface area (Å²) in [5.74, 6) is -0.264. The van der Waals surface area contributed by atoms with Gasteiger partial charge in [0.15, 0.2) is 0 Å². The number of carbonyl (C=O) groups is 1. The van der Waals surface area contributed by atoms with Crippen LogP contribution in [0.25, 0.3) is 0 Å². The van der Waals surface area contributed by atoms with Crippen LogP contribution in [0.15, 0.2) is 43.0 Å². The van der Waals surface area contributed by atoms with Crippen molar-refractivity contribution in [3.8, 4) is 0 Å². The summed E-state index contributed by atoms with van der Waals surface area (Å²) >= 11 is 0. The number of esters is 1. The molecule has 0 aliphatic carbocycles. The standard InChI is InChI=1S/C7H8.C5H8O2/c1-7-5-3-2-4-6-7;1-3-4-7-5(2)6/h2-6H,1H3;3H,1,4H2,2H3. The van der Waals surface area contributed by atoms with Gasteiger partial charge in [0.25, 0.3) is 0 Å². The molecule has 0 unspecified atom stereocenters. The normalized spacial score (nSPS) is 8.14. The molecule has 0 radical (unpaired) electrons. The largest absolute Gasteiger partial charge is 0.462 e. The van der Waals surface area contributed by atoms with E-state index in [1.165, 1.54) is 18.6 Å². The summed E-state index contributed by atoms with van der Waals surface area (Å²) < 4.78 is 4.43. The first-order chi connectivity index (χ1) is 6.66. The zero-order valence-electron chi connectivity index (χ0n) is 8.69. The van der Waals surface area contributed by atoms with Crippen LogP contribution in [0.5, 0.6) is 0 Å². The van der Waals surface area contributed by atoms with Crippen molar-refractivity contribution in [1.29, 1.82) is 0 Å². The zero-order valence-corrected chi connectivity index (χ0v) is 8.69. The topological polar surface area (TPSA) is 26.3 Å². The number of hydrogen-bond donors (Lipinski definition) is 0. The van der Waals surface area contributed by atoms with Crippen LogP contribution < -0.4 is 0 Å². The van der Waals surface area contributed by atoms with Gasteiger partial charge in [-0.05, 0) is 6.92 Å². The second-order valence-electron chi connectivity index (χ2n) is 2.75. The predicted octanol–water partition coefficient (Wildman–Crippen LogP) is 2.73. The summed E-state index contributed by atoms with van der Waals surface area (Å²) in [5, 5.41) is 0. The van der Waals surface area contributed by atoms with E-state index in [0.717, 1.165) is 0 Å². The summed E-state index contributed by atoms with van der Waals surface area (Å²) in [6, 6.07) is 10.3. The Morgan fingerprint density at radius 3 is 2.21 bits per heavy atom. The SMILES string of the molecule is C=CCOC(C)=O.Cc1ccccc1. The highest BCUT2D eigenvalue weighted by Crippen LogP contribution is 1.92. The maximum Gasteiger partial charge on any atom is 0.302 e. The molecule has 0 N–H and O–H groups in total. The lowest BCUT2D eigenvalue weighted by molar-refractivity contribution is -0.139. The minimum absolute atomic E-state index is 0.264. The number of rotatable bonds is 2. The fourth-order valence-electron chi connectivity index (χ4n) is 0.711. The molecule has 0 aliphatic rings. The van der Waals surface area contributed by atoms with Gasteiger partial charge >= 0.3 is 5.97 Å². The Hall–Kier alpha value is -1.57. The highest BCUT2D eigenvalue weighted by Gasteiger charge is 1.83. The lowest BCUT2D eigenvalue weighted by Crippen LogP contribution is -1.96. The third-order valence-corrected chi connectivity index (χ3v) is 1.34. The van der Waals surface area contributed by atoms with E-state index in [0.29, 0.717) is 6.61 Å². The second kappa shape index (κ2) is 8.05. The fourth-order valence-corrected chi connectivity index (χ4v) is 0.711. The molecule has 2 nitrogen and oxygen atoms in total. The Morgan fingerprint density at radius 1 is 1.43 bits per heavy atom. The highest BCUT2D eigenvalue weighted by molar-refractivity contribution is 5.65. The molecule has 0 amide bonds. The molecule has 1 aromatic rings. The molecule has 0 saturated carbocycles. The van der Waals surface area contributed by atoms with Gasteiger partial charge < -0.3 is 4.74 Å². The third kappa shape index (κ3) is 8.53.